The van der Waals surface area contributed by atoms with Crippen LogP contribution < -0.4 is 0 Å². The number of ether oxygens (including phenoxy) is 2. The minimum absolute atomic E-state index is 0.0148. The fourth-order valence-electron chi connectivity index (χ4n) is 3.71. The molecule has 0 aliphatic carbocycles. The van der Waals surface area contributed by atoms with Gasteiger partial charge in [0.25, 0.3) is 5.91 Å². The van der Waals surface area contributed by atoms with E-state index in [1.54, 1.807) is 10.0 Å². The van der Waals surface area contributed by atoms with Gasteiger partial charge in [-0.1, -0.05) is 0 Å². The van der Waals surface area contributed by atoms with Gasteiger partial charge in [0.05, 0.1) is 39.6 Å². The van der Waals surface area contributed by atoms with Crippen LogP contribution in [0.2, 0.25) is 0 Å². The molecule has 148 valence electrons. The molecule has 0 bridgehead atoms. The van der Waals surface area contributed by atoms with E-state index in [2.05, 4.69) is 4.90 Å². The third kappa shape index (κ3) is 4.72. The average Bonchev–Trinajstić information content (AvgIpc) is 3.10. The van der Waals surface area contributed by atoms with Crippen molar-refractivity contribution in [2.45, 2.75) is 18.9 Å². The van der Waals surface area contributed by atoms with Crippen molar-refractivity contribution >= 4 is 11.8 Å². The summed E-state index contributed by atoms with van der Waals surface area (Å²) in [5, 5.41) is 13.0. The molecule has 3 saturated heterocycles. The van der Waals surface area contributed by atoms with Gasteiger partial charge in [-0.05, 0) is 6.42 Å². The standard InChI is InChI=1S/C17H30N4O5/c22-14-15(19-8-12-26-13-9-19)17(24)21(20-3-1-2-16(20)23)5-4-18-6-10-25-11-7-18/h15,22H,1-14H2. The van der Waals surface area contributed by atoms with Crippen LogP contribution in [0.25, 0.3) is 0 Å². The Bertz CT molecular complexity index is 480. The van der Waals surface area contributed by atoms with Crippen molar-refractivity contribution in [2.24, 2.45) is 0 Å². The molecule has 0 aromatic rings. The molecule has 1 unspecified atom stereocenters. The van der Waals surface area contributed by atoms with Gasteiger partial charge in [-0.15, -0.1) is 0 Å². The Hall–Kier alpha value is -1.26. The van der Waals surface area contributed by atoms with Gasteiger partial charge in [-0.25, -0.2) is 5.01 Å². The molecule has 9 heteroatoms. The number of carbonyl (C=O) groups excluding carboxylic acids is 2. The Kier molecular flexibility index (Phi) is 7.21. The van der Waals surface area contributed by atoms with E-state index in [4.69, 9.17) is 9.47 Å². The van der Waals surface area contributed by atoms with Crippen LogP contribution in [0, 0.1) is 0 Å². The third-order valence-electron chi connectivity index (χ3n) is 5.27. The number of aliphatic hydroxyl groups excluding tert-OH is 1. The molecule has 3 rings (SSSR count). The van der Waals surface area contributed by atoms with E-state index < -0.39 is 6.04 Å². The first-order valence-corrected chi connectivity index (χ1v) is 9.55. The molecule has 0 spiro atoms. The number of aliphatic hydroxyl groups is 1. The Morgan fingerprint density at radius 1 is 1.08 bits per heavy atom. The lowest BCUT2D eigenvalue weighted by molar-refractivity contribution is -0.166. The molecule has 0 radical (unpaired) electrons. The molecule has 0 aromatic heterocycles. The Balaban J connectivity index is 1.67. The zero-order valence-corrected chi connectivity index (χ0v) is 15.3. The molecule has 0 aromatic carbocycles. The van der Waals surface area contributed by atoms with Crippen molar-refractivity contribution < 1.29 is 24.2 Å². The van der Waals surface area contributed by atoms with Gasteiger partial charge in [0.1, 0.15) is 6.04 Å². The molecule has 0 saturated carbocycles. The van der Waals surface area contributed by atoms with Crippen LogP contribution >= 0.6 is 0 Å². The minimum Gasteiger partial charge on any atom is -0.394 e. The average molecular weight is 370 g/mol. The summed E-state index contributed by atoms with van der Waals surface area (Å²) in [7, 11) is 0. The van der Waals surface area contributed by atoms with Gasteiger partial charge in [0.2, 0.25) is 5.91 Å². The number of hydrazine groups is 1. The SMILES string of the molecule is O=C1CCCN1N(CCN1CCOCC1)C(=O)C(CO)N1CCOCC1. The number of hydrogen-bond donors (Lipinski definition) is 1. The molecule has 1 atom stereocenters. The fourth-order valence-corrected chi connectivity index (χ4v) is 3.71. The van der Waals surface area contributed by atoms with Crippen LogP contribution in [0.5, 0.6) is 0 Å². The molecule has 1 N–H and O–H groups in total. The predicted molar refractivity (Wildman–Crippen MR) is 93.2 cm³/mol. The van der Waals surface area contributed by atoms with Crippen LogP contribution in [0.3, 0.4) is 0 Å². The van der Waals surface area contributed by atoms with Gasteiger partial charge >= 0.3 is 0 Å². The lowest BCUT2D eigenvalue weighted by Gasteiger charge is -2.39. The van der Waals surface area contributed by atoms with Crippen molar-refractivity contribution in [3.05, 3.63) is 0 Å². The zero-order valence-electron chi connectivity index (χ0n) is 15.3. The first kappa shape index (κ1) is 19.5. The van der Waals surface area contributed by atoms with E-state index >= 15 is 0 Å². The normalized spacial score (nSPS) is 24.0. The molecule has 9 nitrogen and oxygen atoms in total. The van der Waals surface area contributed by atoms with E-state index in [1.807, 2.05) is 4.90 Å². The summed E-state index contributed by atoms with van der Waals surface area (Å²) < 4.78 is 10.7. The van der Waals surface area contributed by atoms with Gasteiger partial charge in [-0.2, -0.15) is 0 Å². The van der Waals surface area contributed by atoms with E-state index in [1.165, 1.54) is 0 Å². The van der Waals surface area contributed by atoms with Crippen molar-refractivity contribution in [3.63, 3.8) is 0 Å². The highest BCUT2D eigenvalue weighted by Gasteiger charge is 2.36. The first-order chi connectivity index (χ1) is 12.7. The lowest BCUT2D eigenvalue weighted by atomic mass is 10.2. The first-order valence-electron chi connectivity index (χ1n) is 9.55. The number of morpholine rings is 2. The molecular formula is C17H30N4O5. The number of amides is 2. The highest BCUT2D eigenvalue weighted by molar-refractivity contribution is 5.86. The second-order valence-corrected chi connectivity index (χ2v) is 6.88. The largest absolute Gasteiger partial charge is 0.394 e. The maximum Gasteiger partial charge on any atom is 0.260 e. The molecule has 2 amide bonds. The maximum absolute atomic E-state index is 13.2. The molecule has 3 aliphatic heterocycles. The van der Waals surface area contributed by atoms with E-state index in [9.17, 15) is 14.7 Å². The van der Waals surface area contributed by atoms with Crippen LogP contribution in [-0.2, 0) is 19.1 Å². The summed E-state index contributed by atoms with van der Waals surface area (Å²) in [6.45, 7) is 6.86. The Labute approximate surface area is 154 Å². The van der Waals surface area contributed by atoms with E-state index in [0.29, 0.717) is 65.6 Å². The molecule has 3 heterocycles. The highest BCUT2D eigenvalue weighted by atomic mass is 16.5. The van der Waals surface area contributed by atoms with Crippen molar-refractivity contribution in [1.82, 2.24) is 19.8 Å². The van der Waals surface area contributed by atoms with Crippen molar-refractivity contribution in [1.29, 1.82) is 0 Å². The smallest absolute Gasteiger partial charge is 0.260 e. The van der Waals surface area contributed by atoms with Crippen molar-refractivity contribution in [3.8, 4) is 0 Å². The fraction of sp³-hybridized carbons (Fsp3) is 0.882. The zero-order chi connectivity index (χ0) is 18.4. The van der Waals surface area contributed by atoms with Gasteiger partial charge < -0.3 is 14.6 Å². The van der Waals surface area contributed by atoms with Crippen LogP contribution in [0.4, 0.5) is 0 Å². The second kappa shape index (κ2) is 9.61. The highest BCUT2D eigenvalue weighted by Crippen LogP contribution is 2.17. The molecule has 3 fully saturated rings. The van der Waals surface area contributed by atoms with E-state index in [-0.39, 0.29) is 18.4 Å². The van der Waals surface area contributed by atoms with Crippen LogP contribution in [0.15, 0.2) is 0 Å². The summed E-state index contributed by atoms with van der Waals surface area (Å²) in [6.07, 6.45) is 1.24. The second-order valence-electron chi connectivity index (χ2n) is 6.88. The maximum atomic E-state index is 13.2. The monoisotopic (exact) mass is 370 g/mol. The van der Waals surface area contributed by atoms with Crippen LogP contribution in [0.1, 0.15) is 12.8 Å². The molecule has 26 heavy (non-hydrogen) atoms. The molecular weight excluding hydrogens is 340 g/mol. The van der Waals surface area contributed by atoms with Gasteiger partial charge in [0, 0.05) is 45.7 Å². The Morgan fingerprint density at radius 3 is 2.31 bits per heavy atom. The predicted octanol–water partition coefficient (Wildman–Crippen LogP) is -1.62. The topological polar surface area (TPSA) is 85.8 Å². The number of rotatable bonds is 7. The summed E-state index contributed by atoms with van der Waals surface area (Å²) >= 11 is 0. The molecule has 3 aliphatic rings. The quantitative estimate of drug-likeness (QED) is 0.576. The van der Waals surface area contributed by atoms with Crippen molar-refractivity contribution in [2.75, 3.05) is 78.8 Å². The van der Waals surface area contributed by atoms with Gasteiger partial charge in [0.15, 0.2) is 0 Å². The van der Waals surface area contributed by atoms with E-state index in [0.717, 1.165) is 19.5 Å². The number of carbonyl (C=O) groups is 2. The lowest BCUT2D eigenvalue weighted by Crippen LogP contribution is -2.59. The minimum atomic E-state index is -0.628. The summed E-state index contributed by atoms with van der Waals surface area (Å²) in [6, 6.07) is -0.628. The summed E-state index contributed by atoms with van der Waals surface area (Å²) in [5.41, 5.74) is 0. The Morgan fingerprint density at radius 2 is 1.73 bits per heavy atom. The third-order valence-corrected chi connectivity index (χ3v) is 5.27. The summed E-state index contributed by atoms with van der Waals surface area (Å²) in [4.78, 5) is 29.7. The van der Waals surface area contributed by atoms with Gasteiger partial charge in [-0.3, -0.25) is 24.4 Å². The summed E-state index contributed by atoms with van der Waals surface area (Å²) in [5.74, 6) is -0.211. The number of hydrogen-bond acceptors (Lipinski definition) is 7. The number of nitrogens with zero attached hydrogens (tertiary/aromatic N) is 4. The van der Waals surface area contributed by atoms with Crippen LogP contribution in [-0.4, -0.2) is 122 Å².